The molecule has 2 N–H and O–H groups in total. The molecule has 0 aliphatic carbocycles. The fourth-order valence-corrected chi connectivity index (χ4v) is 2.94. The first-order valence-electron chi connectivity index (χ1n) is 5.89. The number of hydrogen-bond acceptors (Lipinski definition) is 6. The second kappa shape index (κ2) is 6.85. The van der Waals surface area contributed by atoms with Crippen molar-refractivity contribution in [3.8, 4) is 0 Å². The Balaban J connectivity index is 1.89. The molecule has 0 aliphatic rings. The maximum atomic E-state index is 13.0. The minimum atomic E-state index is -4.02. The highest BCUT2D eigenvalue weighted by molar-refractivity contribution is 7.89. The molecule has 1 heterocycles. The normalized spacial score (nSPS) is 11.4. The number of carbonyl (C=O) groups is 1. The summed E-state index contributed by atoms with van der Waals surface area (Å²) in [5.41, 5.74) is 1.43. The summed E-state index contributed by atoms with van der Waals surface area (Å²) in [6.07, 6.45) is -0.150. The molecule has 0 atom stereocenters. The minimum Gasteiger partial charge on any atom is -0.300 e. The van der Waals surface area contributed by atoms with Crippen LogP contribution in [-0.4, -0.2) is 31.1 Å². The van der Waals surface area contributed by atoms with Crippen LogP contribution in [0.4, 0.5) is 13.9 Å². The number of anilines is 1. The molecule has 22 heavy (non-hydrogen) atoms. The molecule has 0 saturated heterocycles. The third-order valence-electron chi connectivity index (χ3n) is 2.45. The molecule has 2 aromatic rings. The van der Waals surface area contributed by atoms with E-state index in [1.807, 2.05) is 0 Å². The fraction of sp³-hybridized carbons (Fsp3) is 0.182. The second-order valence-electron chi connectivity index (χ2n) is 4.02. The van der Waals surface area contributed by atoms with Gasteiger partial charge < -0.3 is 5.32 Å². The third kappa shape index (κ3) is 4.26. The number of hydrogen-bond donors (Lipinski definition) is 2. The van der Waals surface area contributed by atoms with Gasteiger partial charge in [-0.1, -0.05) is 11.3 Å². The van der Waals surface area contributed by atoms with E-state index in [9.17, 15) is 22.0 Å². The van der Waals surface area contributed by atoms with Gasteiger partial charge in [-0.2, -0.15) is 0 Å². The van der Waals surface area contributed by atoms with E-state index in [-0.39, 0.29) is 13.0 Å². The van der Waals surface area contributed by atoms with Gasteiger partial charge in [0.05, 0.1) is 4.90 Å². The van der Waals surface area contributed by atoms with Gasteiger partial charge in [0.2, 0.25) is 21.1 Å². The van der Waals surface area contributed by atoms with Gasteiger partial charge in [-0.3, -0.25) is 4.79 Å². The summed E-state index contributed by atoms with van der Waals surface area (Å²) in [5, 5.41) is 9.85. The van der Waals surface area contributed by atoms with E-state index in [0.29, 0.717) is 17.3 Å². The lowest BCUT2D eigenvalue weighted by Gasteiger charge is -2.07. The Kier molecular flexibility index (Phi) is 5.11. The van der Waals surface area contributed by atoms with Crippen LogP contribution in [0.3, 0.4) is 0 Å². The highest BCUT2D eigenvalue weighted by Crippen LogP contribution is 2.13. The molecule has 0 bridgehead atoms. The quantitative estimate of drug-likeness (QED) is 0.815. The highest BCUT2D eigenvalue weighted by atomic mass is 32.2. The average molecular weight is 348 g/mol. The van der Waals surface area contributed by atoms with Crippen LogP contribution in [0.1, 0.15) is 6.42 Å². The number of sulfonamides is 1. The minimum absolute atomic E-state index is 0.150. The Hall–Kier alpha value is -1.98. The molecule has 1 aromatic carbocycles. The van der Waals surface area contributed by atoms with Crippen molar-refractivity contribution < 1.29 is 22.0 Å². The number of rotatable bonds is 6. The van der Waals surface area contributed by atoms with Crippen molar-refractivity contribution in [2.75, 3.05) is 11.9 Å². The summed E-state index contributed by atoms with van der Waals surface area (Å²) in [6.45, 7) is -0.202. The average Bonchev–Trinajstić information content (AvgIpc) is 2.94. The SMILES string of the molecule is O=C(CCNS(=O)(=O)c1ccc(F)c(F)c1)Nc1nncs1. The maximum absolute atomic E-state index is 13.0. The number of amides is 1. The van der Waals surface area contributed by atoms with E-state index in [4.69, 9.17) is 0 Å². The first kappa shape index (κ1) is 16.4. The third-order valence-corrected chi connectivity index (χ3v) is 4.52. The van der Waals surface area contributed by atoms with Gasteiger partial charge in [-0.15, -0.1) is 10.2 Å². The molecule has 11 heteroatoms. The number of aromatic nitrogens is 2. The van der Waals surface area contributed by atoms with Crippen molar-refractivity contribution >= 4 is 32.4 Å². The lowest BCUT2D eigenvalue weighted by Crippen LogP contribution is -2.28. The molecular weight excluding hydrogens is 338 g/mol. The predicted molar refractivity (Wildman–Crippen MR) is 74.7 cm³/mol. The Morgan fingerprint density at radius 2 is 2.05 bits per heavy atom. The molecule has 0 unspecified atom stereocenters. The van der Waals surface area contributed by atoms with Crippen LogP contribution in [0.15, 0.2) is 28.6 Å². The molecule has 2 rings (SSSR count). The van der Waals surface area contributed by atoms with Crippen LogP contribution in [0.5, 0.6) is 0 Å². The van der Waals surface area contributed by atoms with Crippen LogP contribution in [0, 0.1) is 11.6 Å². The van der Waals surface area contributed by atoms with E-state index < -0.39 is 32.5 Å². The molecular formula is C11H10F2N4O3S2. The number of nitrogens with zero attached hydrogens (tertiary/aromatic N) is 2. The standard InChI is InChI=1S/C11H10F2N4O3S2/c12-8-2-1-7(5-9(8)13)22(19,20)15-4-3-10(18)16-11-17-14-6-21-11/h1-2,5-6,15H,3-4H2,(H,16,17,18). The smallest absolute Gasteiger partial charge is 0.240 e. The summed E-state index contributed by atoms with van der Waals surface area (Å²) >= 11 is 1.12. The molecule has 0 aliphatic heterocycles. The van der Waals surface area contributed by atoms with Crippen molar-refractivity contribution in [3.05, 3.63) is 35.3 Å². The highest BCUT2D eigenvalue weighted by Gasteiger charge is 2.16. The van der Waals surface area contributed by atoms with Gasteiger partial charge in [-0.25, -0.2) is 21.9 Å². The van der Waals surface area contributed by atoms with Crippen LogP contribution >= 0.6 is 11.3 Å². The zero-order valence-corrected chi connectivity index (χ0v) is 12.5. The molecule has 0 spiro atoms. The molecule has 0 fully saturated rings. The Morgan fingerprint density at radius 1 is 1.27 bits per heavy atom. The van der Waals surface area contributed by atoms with Gasteiger partial charge in [0.1, 0.15) is 5.51 Å². The number of carbonyl (C=O) groups excluding carboxylic acids is 1. The van der Waals surface area contributed by atoms with Crippen LogP contribution in [0.25, 0.3) is 0 Å². The largest absolute Gasteiger partial charge is 0.300 e. The second-order valence-corrected chi connectivity index (χ2v) is 6.62. The molecule has 7 nitrogen and oxygen atoms in total. The summed E-state index contributed by atoms with van der Waals surface area (Å²) in [6, 6.07) is 2.22. The first-order valence-corrected chi connectivity index (χ1v) is 8.25. The van der Waals surface area contributed by atoms with Gasteiger partial charge in [0.25, 0.3) is 0 Å². The lowest BCUT2D eigenvalue weighted by atomic mass is 10.3. The molecule has 118 valence electrons. The molecule has 0 saturated carbocycles. The molecule has 1 aromatic heterocycles. The Bertz CT molecular complexity index is 766. The van der Waals surface area contributed by atoms with E-state index >= 15 is 0 Å². The monoisotopic (exact) mass is 348 g/mol. The Morgan fingerprint density at radius 3 is 2.68 bits per heavy atom. The molecule has 0 radical (unpaired) electrons. The molecule has 1 amide bonds. The van der Waals surface area contributed by atoms with Crippen molar-refractivity contribution in [1.29, 1.82) is 0 Å². The van der Waals surface area contributed by atoms with Gasteiger partial charge in [-0.05, 0) is 18.2 Å². The summed E-state index contributed by atoms with van der Waals surface area (Å²) in [4.78, 5) is 11.1. The predicted octanol–water partition coefficient (Wildman–Crippen LogP) is 1.12. The van der Waals surface area contributed by atoms with Crippen LogP contribution in [-0.2, 0) is 14.8 Å². The fourth-order valence-electron chi connectivity index (χ4n) is 1.44. The lowest BCUT2D eigenvalue weighted by molar-refractivity contribution is -0.116. The summed E-state index contributed by atoms with van der Waals surface area (Å²) < 4.78 is 51.6. The van der Waals surface area contributed by atoms with E-state index in [1.54, 1.807) is 0 Å². The van der Waals surface area contributed by atoms with E-state index in [1.165, 1.54) is 5.51 Å². The van der Waals surface area contributed by atoms with Crippen molar-refractivity contribution in [1.82, 2.24) is 14.9 Å². The van der Waals surface area contributed by atoms with Gasteiger partial charge >= 0.3 is 0 Å². The van der Waals surface area contributed by atoms with Crippen molar-refractivity contribution in [2.24, 2.45) is 0 Å². The van der Waals surface area contributed by atoms with E-state index in [2.05, 4.69) is 20.2 Å². The zero-order valence-electron chi connectivity index (χ0n) is 10.9. The summed E-state index contributed by atoms with van der Waals surface area (Å²) in [5.74, 6) is -2.86. The Labute approximate surface area is 128 Å². The van der Waals surface area contributed by atoms with Gasteiger partial charge in [0.15, 0.2) is 11.6 Å². The first-order chi connectivity index (χ1) is 10.4. The van der Waals surface area contributed by atoms with E-state index in [0.717, 1.165) is 17.4 Å². The number of benzene rings is 1. The van der Waals surface area contributed by atoms with Gasteiger partial charge in [0, 0.05) is 13.0 Å². The topological polar surface area (TPSA) is 101 Å². The van der Waals surface area contributed by atoms with Crippen LogP contribution in [0.2, 0.25) is 0 Å². The van der Waals surface area contributed by atoms with Crippen LogP contribution < -0.4 is 10.0 Å². The number of halogens is 2. The maximum Gasteiger partial charge on any atom is 0.240 e. The van der Waals surface area contributed by atoms with Crippen molar-refractivity contribution in [3.63, 3.8) is 0 Å². The summed E-state index contributed by atoms with van der Waals surface area (Å²) in [7, 11) is -4.02. The number of nitrogens with one attached hydrogen (secondary N) is 2. The van der Waals surface area contributed by atoms with Crippen molar-refractivity contribution in [2.45, 2.75) is 11.3 Å². The zero-order chi connectivity index (χ0) is 16.2.